The molecule has 2 aromatic rings. The van der Waals surface area contributed by atoms with Crippen molar-refractivity contribution in [2.75, 3.05) is 13.7 Å². The molecular formula is C22H27ClN2O. The van der Waals surface area contributed by atoms with Crippen LogP contribution in [0.25, 0.3) is 0 Å². The zero-order chi connectivity index (χ0) is 18.1. The second-order valence-corrected chi connectivity index (χ2v) is 8.12. The molecule has 3 nitrogen and oxygen atoms in total. The minimum Gasteiger partial charge on any atom is -0.493 e. The molecule has 2 heterocycles. The number of halogens is 1. The molecule has 0 spiro atoms. The van der Waals surface area contributed by atoms with Crippen molar-refractivity contribution in [1.29, 1.82) is 0 Å². The van der Waals surface area contributed by atoms with Crippen LogP contribution in [0.4, 0.5) is 0 Å². The standard InChI is InChI=1S/C22H27ClN2O/c1-25-18-8-11-22(25)21(14-26-19-9-6-17(23)7-10-19)20(12-18)16-4-2-15(13-24)3-5-16/h2-7,9-10,18,20-22H,8,11-14,24H2,1H3/t18-,20+,21+,22+/m0/s1. The molecule has 0 saturated carbocycles. The van der Waals surface area contributed by atoms with Crippen LogP contribution in [0.15, 0.2) is 48.5 Å². The molecule has 2 fully saturated rings. The number of benzene rings is 2. The van der Waals surface area contributed by atoms with E-state index in [9.17, 15) is 0 Å². The monoisotopic (exact) mass is 370 g/mol. The highest BCUT2D eigenvalue weighted by molar-refractivity contribution is 6.30. The van der Waals surface area contributed by atoms with Gasteiger partial charge in [-0.15, -0.1) is 0 Å². The fourth-order valence-corrected chi connectivity index (χ4v) is 4.94. The Labute approximate surface area is 161 Å². The summed E-state index contributed by atoms with van der Waals surface area (Å²) in [7, 11) is 2.28. The Morgan fingerprint density at radius 2 is 1.81 bits per heavy atom. The molecule has 0 aromatic heterocycles. The summed E-state index contributed by atoms with van der Waals surface area (Å²) in [6, 6.07) is 17.9. The second-order valence-electron chi connectivity index (χ2n) is 7.68. The summed E-state index contributed by atoms with van der Waals surface area (Å²) in [6.07, 6.45) is 3.78. The van der Waals surface area contributed by atoms with Crippen LogP contribution in [0.5, 0.6) is 5.75 Å². The summed E-state index contributed by atoms with van der Waals surface area (Å²) in [5, 5.41) is 0.742. The van der Waals surface area contributed by atoms with Gasteiger partial charge >= 0.3 is 0 Å². The van der Waals surface area contributed by atoms with Gasteiger partial charge < -0.3 is 15.4 Å². The van der Waals surface area contributed by atoms with Crippen molar-refractivity contribution in [3.8, 4) is 5.75 Å². The third-order valence-corrected chi connectivity index (χ3v) is 6.58. The highest BCUT2D eigenvalue weighted by Gasteiger charge is 2.46. The van der Waals surface area contributed by atoms with Crippen LogP contribution < -0.4 is 10.5 Å². The van der Waals surface area contributed by atoms with E-state index in [2.05, 4.69) is 36.2 Å². The third-order valence-electron chi connectivity index (χ3n) is 6.33. The average molecular weight is 371 g/mol. The van der Waals surface area contributed by atoms with Gasteiger partial charge in [-0.3, -0.25) is 0 Å². The Bertz CT molecular complexity index is 731. The maximum absolute atomic E-state index is 6.19. The van der Waals surface area contributed by atoms with Crippen molar-refractivity contribution in [3.05, 3.63) is 64.7 Å². The average Bonchev–Trinajstić information content (AvgIpc) is 2.91. The first-order valence-electron chi connectivity index (χ1n) is 9.55. The van der Waals surface area contributed by atoms with Gasteiger partial charge in [0.2, 0.25) is 0 Å². The summed E-state index contributed by atoms with van der Waals surface area (Å²) < 4.78 is 6.19. The maximum Gasteiger partial charge on any atom is 0.119 e. The lowest BCUT2D eigenvalue weighted by Gasteiger charge is -2.43. The number of nitrogens with zero attached hydrogens (tertiary/aromatic N) is 1. The molecule has 0 amide bonds. The van der Waals surface area contributed by atoms with E-state index in [1.807, 2.05) is 24.3 Å². The lowest BCUT2D eigenvalue weighted by Crippen LogP contribution is -2.47. The van der Waals surface area contributed by atoms with Crippen LogP contribution in [0, 0.1) is 5.92 Å². The van der Waals surface area contributed by atoms with Crippen LogP contribution in [-0.2, 0) is 6.54 Å². The molecular weight excluding hydrogens is 344 g/mol. The van der Waals surface area contributed by atoms with Crippen molar-refractivity contribution >= 4 is 11.6 Å². The largest absolute Gasteiger partial charge is 0.493 e. The smallest absolute Gasteiger partial charge is 0.119 e. The fraction of sp³-hybridized carbons (Fsp3) is 0.455. The highest BCUT2D eigenvalue weighted by Crippen LogP contribution is 2.46. The highest BCUT2D eigenvalue weighted by atomic mass is 35.5. The van der Waals surface area contributed by atoms with Gasteiger partial charge in [-0.25, -0.2) is 0 Å². The van der Waals surface area contributed by atoms with Gasteiger partial charge in [-0.05, 0) is 67.6 Å². The van der Waals surface area contributed by atoms with E-state index >= 15 is 0 Å². The van der Waals surface area contributed by atoms with E-state index in [0.717, 1.165) is 17.4 Å². The van der Waals surface area contributed by atoms with Crippen LogP contribution in [0.3, 0.4) is 0 Å². The lowest BCUT2D eigenvalue weighted by atomic mass is 9.76. The van der Waals surface area contributed by atoms with E-state index in [4.69, 9.17) is 22.1 Å². The Morgan fingerprint density at radius 1 is 1.08 bits per heavy atom. The predicted molar refractivity (Wildman–Crippen MR) is 107 cm³/mol. The van der Waals surface area contributed by atoms with E-state index in [1.165, 1.54) is 30.4 Å². The van der Waals surface area contributed by atoms with Crippen LogP contribution >= 0.6 is 11.6 Å². The normalized spacial score (nSPS) is 28.3. The molecule has 0 aliphatic carbocycles. The molecule has 2 aromatic carbocycles. The van der Waals surface area contributed by atoms with Gasteiger partial charge in [0.25, 0.3) is 0 Å². The Morgan fingerprint density at radius 3 is 2.50 bits per heavy atom. The summed E-state index contributed by atoms with van der Waals surface area (Å²) in [4.78, 5) is 2.58. The predicted octanol–water partition coefficient (Wildman–Crippen LogP) is 4.44. The molecule has 26 heavy (non-hydrogen) atoms. The van der Waals surface area contributed by atoms with Crippen LogP contribution in [-0.4, -0.2) is 30.6 Å². The summed E-state index contributed by atoms with van der Waals surface area (Å²) >= 11 is 5.99. The number of rotatable bonds is 5. The van der Waals surface area contributed by atoms with Gasteiger partial charge in [0.05, 0.1) is 6.61 Å². The number of ether oxygens (including phenoxy) is 1. The number of hydrogen-bond donors (Lipinski definition) is 1. The Hall–Kier alpha value is -1.55. The molecule has 0 unspecified atom stereocenters. The van der Waals surface area contributed by atoms with Crippen molar-refractivity contribution < 1.29 is 4.74 Å². The summed E-state index contributed by atoms with van der Waals surface area (Å²) in [5.74, 6) is 1.94. The van der Waals surface area contributed by atoms with Crippen LogP contribution in [0.1, 0.15) is 36.3 Å². The van der Waals surface area contributed by atoms with E-state index in [-0.39, 0.29) is 0 Å². The van der Waals surface area contributed by atoms with Crippen molar-refractivity contribution in [3.63, 3.8) is 0 Å². The van der Waals surface area contributed by atoms with E-state index in [1.54, 1.807) is 0 Å². The van der Waals surface area contributed by atoms with Crippen LogP contribution in [0.2, 0.25) is 5.02 Å². The molecule has 2 N–H and O–H groups in total. The van der Waals surface area contributed by atoms with Gasteiger partial charge in [-0.2, -0.15) is 0 Å². The number of fused-ring (bicyclic) bond motifs is 2. The molecule has 2 aliphatic rings. The Kier molecular flexibility index (Phi) is 5.21. The first-order valence-corrected chi connectivity index (χ1v) is 9.92. The number of nitrogens with two attached hydrogens (primary N) is 1. The van der Waals surface area contributed by atoms with Gasteiger partial charge in [0.15, 0.2) is 0 Å². The molecule has 2 aliphatic heterocycles. The molecule has 4 rings (SSSR count). The van der Waals surface area contributed by atoms with E-state index in [0.29, 0.717) is 30.5 Å². The molecule has 138 valence electrons. The summed E-state index contributed by atoms with van der Waals surface area (Å²) in [5.41, 5.74) is 8.39. The first kappa shape index (κ1) is 17.8. The van der Waals surface area contributed by atoms with E-state index < -0.39 is 0 Å². The minimum atomic E-state index is 0.498. The molecule has 2 saturated heterocycles. The molecule has 0 radical (unpaired) electrons. The number of piperidine rings is 1. The van der Waals surface area contributed by atoms with Gasteiger partial charge in [-0.1, -0.05) is 35.9 Å². The fourth-order valence-electron chi connectivity index (χ4n) is 4.81. The third kappa shape index (κ3) is 3.48. The zero-order valence-electron chi connectivity index (χ0n) is 15.3. The van der Waals surface area contributed by atoms with Gasteiger partial charge in [0.1, 0.15) is 5.75 Å². The zero-order valence-corrected chi connectivity index (χ0v) is 16.0. The molecule has 2 bridgehead atoms. The van der Waals surface area contributed by atoms with Crippen molar-refractivity contribution in [2.45, 2.75) is 43.8 Å². The lowest BCUT2D eigenvalue weighted by molar-refractivity contribution is 0.0666. The Balaban J connectivity index is 1.55. The SMILES string of the molecule is CN1[C@H]2CC[C@@H]1[C@H](COc1ccc(Cl)cc1)[C@@H](c1ccc(CN)cc1)C2. The second kappa shape index (κ2) is 7.59. The number of hydrogen-bond acceptors (Lipinski definition) is 3. The quantitative estimate of drug-likeness (QED) is 0.845. The molecule has 4 atom stereocenters. The van der Waals surface area contributed by atoms with Crippen molar-refractivity contribution in [1.82, 2.24) is 4.90 Å². The van der Waals surface area contributed by atoms with Crippen molar-refractivity contribution in [2.24, 2.45) is 11.7 Å². The molecule has 4 heteroatoms. The maximum atomic E-state index is 6.19. The topological polar surface area (TPSA) is 38.5 Å². The summed E-state index contributed by atoms with van der Waals surface area (Å²) in [6.45, 7) is 1.34. The van der Waals surface area contributed by atoms with Gasteiger partial charge in [0, 0.05) is 29.6 Å². The minimum absolute atomic E-state index is 0.498. The first-order chi connectivity index (χ1) is 12.7.